The van der Waals surface area contributed by atoms with Gasteiger partial charge >= 0.3 is 0 Å². The summed E-state index contributed by atoms with van der Waals surface area (Å²) in [6.45, 7) is 6.34. The fourth-order valence-corrected chi connectivity index (χ4v) is 3.37. The van der Waals surface area contributed by atoms with Crippen LogP contribution in [0.5, 0.6) is 0 Å². The highest BCUT2D eigenvalue weighted by atomic mass is 35.5. The maximum atomic E-state index is 11.8. The van der Waals surface area contributed by atoms with Gasteiger partial charge in [0.25, 0.3) is 0 Å². The Morgan fingerprint density at radius 1 is 1.39 bits per heavy atom. The van der Waals surface area contributed by atoms with E-state index < -0.39 is 10.0 Å². The van der Waals surface area contributed by atoms with Gasteiger partial charge in [-0.2, -0.15) is 0 Å². The maximum Gasteiger partial charge on any atom is 0.214 e. The predicted octanol–water partition coefficient (Wildman–Crippen LogP) is 0.752. The van der Waals surface area contributed by atoms with Crippen molar-refractivity contribution in [3.8, 4) is 0 Å². The molecule has 1 unspecified atom stereocenters. The van der Waals surface area contributed by atoms with Crippen molar-refractivity contribution in [1.82, 2.24) is 10.0 Å². The minimum Gasteiger partial charge on any atom is -0.381 e. The molecule has 0 aromatic carbocycles. The van der Waals surface area contributed by atoms with Crippen LogP contribution in [0.1, 0.15) is 26.7 Å². The van der Waals surface area contributed by atoms with Gasteiger partial charge in [0, 0.05) is 13.7 Å². The molecule has 1 aliphatic heterocycles. The van der Waals surface area contributed by atoms with Crippen LogP contribution in [-0.2, 0) is 14.8 Å². The second kappa shape index (κ2) is 7.65. The monoisotopic (exact) mass is 300 g/mol. The van der Waals surface area contributed by atoms with E-state index in [0.717, 1.165) is 25.9 Å². The number of hydrogen-bond acceptors (Lipinski definition) is 4. The number of rotatable bonds is 6. The van der Waals surface area contributed by atoms with Crippen molar-refractivity contribution < 1.29 is 13.2 Å². The highest BCUT2D eigenvalue weighted by molar-refractivity contribution is 7.89. The van der Waals surface area contributed by atoms with Crippen LogP contribution in [-0.4, -0.2) is 47.0 Å². The maximum absolute atomic E-state index is 11.8. The lowest BCUT2D eigenvalue weighted by atomic mass is 9.81. The lowest BCUT2D eigenvalue weighted by molar-refractivity contribution is 0.136. The van der Waals surface area contributed by atoms with Gasteiger partial charge in [-0.25, -0.2) is 13.1 Å². The molecule has 0 aromatic rings. The Bertz CT molecular complexity index is 329. The fourth-order valence-electron chi connectivity index (χ4n) is 1.93. The van der Waals surface area contributed by atoms with Gasteiger partial charge in [-0.1, -0.05) is 6.92 Å². The number of hydrogen-bond donors (Lipinski definition) is 2. The Balaban J connectivity index is 0.00000289. The number of halogens is 1. The van der Waals surface area contributed by atoms with Crippen molar-refractivity contribution in [2.45, 2.75) is 32.8 Å². The second-order valence-corrected chi connectivity index (χ2v) is 7.06. The molecule has 110 valence electrons. The molecule has 18 heavy (non-hydrogen) atoms. The number of ether oxygens (including phenoxy) is 1. The van der Waals surface area contributed by atoms with E-state index in [-0.39, 0.29) is 29.7 Å². The Morgan fingerprint density at radius 3 is 2.44 bits per heavy atom. The first-order valence-electron chi connectivity index (χ1n) is 6.08. The minimum absolute atomic E-state index is 0. The van der Waals surface area contributed by atoms with Crippen LogP contribution in [0.25, 0.3) is 0 Å². The van der Waals surface area contributed by atoms with Gasteiger partial charge < -0.3 is 10.1 Å². The average Bonchev–Trinajstić information content (AvgIpc) is 2.27. The lowest BCUT2D eigenvalue weighted by Crippen LogP contribution is -2.44. The zero-order valence-corrected chi connectivity index (χ0v) is 13.0. The van der Waals surface area contributed by atoms with Crippen LogP contribution in [0.2, 0.25) is 0 Å². The molecule has 1 atom stereocenters. The average molecular weight is 301 g/mol. The van der Waals surface area contributed by atoms with Gasteiger partial charge in [0.1, 0.15) is 0 Å². The fraction of sp³-hybridized carbons (Fsp3) is 1.00. The van der Waals surface area contributed by atoms with E-state index in [2.05, 4.69) is 17.0 Å². The predicted molar refractivity (Wildman–Crippen MR) is 75.7 cm³/mol. The van der Waals surface area contributed by atoms with Gasteiger partial charge in [-0.3, -0.25) is 0 Å². The molecular weight excluding hydrogens is 276 g/mol. The van der Waals surface area contributed by atoms with E-state index in [1.807, 2.05) is 0 Å². The third-order valence-corrected chi connectivity index (χ3v) is 4.88. The number of methoxy groups -OCH3 is 1. The molecule has 7 heteroatoms. The highest BCUT2D eigenvalue weighted by Crippen LogP contribution is 2.26. The number of piperidine rings is 1. The lowest BCUT2D eigenvalue weighted by Gasteiger charge is -2.34. The Morgan fingerprint density at radius 2 is 1.94 bits per heavy atom. The first-order chi connectivity index (χ1) is 7.87. The SMILES string of the molecule is COC(C)CS(=O)(=O)NCC1(C)CCNCC1.Cl. The zero-order chi connectivity index (χ0) is 12.9. The van der Waals surface area contributed by atoms with E-state index in [1.54, 1.807) is 6.92 Å². The second-order valence-electron chi connectivity index (χ2n) is 5.21. The normalized spacial score (nSPS) is 21.1. The number of nitrogens with one attached hydrogen (secondary N) is 2. The quantitative estimate of drug-likeness (QED) is 0.760. The van der Waals surface area contributed by atoms with Crippen LogP contribution in [0.4, 0.5) is 0 Å². The van der Waals surface area contributed by atoms with Crippen LogP contribution >= 0.6 is 12.4 Å². The summed E-state index contributed by atoms with van der Waals surface area (Å²) in [6, 6.07) is 0. The van der Waals surface area contributed by atoms with Gasteiger partial charge in [0.15, 0.2) is 0 Å². The van der Waals surface area contributed by atoms with Crippen LogP contribution < -0.4 is 10.0 Å². The highest BCUT2D eigenvalue weighted by Gasteiger charge is 2.28. The smallest absolute Gasteiger partial charge is 0.214 e. The van der Waals surface area contributed by atoms with Crippen LogP contribution in [0.3, 0.4) is 0 Å². The third-order valence-electron chi connectivity index (χ3n) is 3.39. The molecule has 0 aromatic heterocycles. The van der Waals surface area contributed by atoms with Crippen LogP contribution in [0.15, 0.2) is 0 Å². The van der Waals surface area contributed by atoms with Gasteiger partial charge in [-0.05, 0) is 38.3 Å². The zero-order valence-electron chi connectivity index (χ0n) is 11.4. The molecule has 0 saturated carbocycles. The van der Waals surface area contributed by atoms with E-state index in [0.29, 0.717) is 6.54 Å². The molecule has 0 radical (unpaired) electrons. The Kier molecular flexibility index (Phi) is 7.70. The standard InChI is InChI=1S/C11H24N2O3S.ClH/c1-10(16-3)8-17(14,15)13-9-11(2)4-6-12-7-5-11;/h10,12-13H,4-9H2,1-3H3;1H. The first kappa shape index (κ1) is 18.1. The van der Waals surface area contributed by atoms with Crippen molar-refractivity contribution in [1.29, 1.82) is 0 Å². The van der Waals surface area contributed by atoms with Crippen molar-refractivity contribution >= 4 is 22.4 Å². The summed E-state index contributed by atoms with van der Waals surface area (Å²) in [7, 11) is -1.70. The van der Waals surface area contributed by atoms with E-state index in [9.17, 15) is 8.42 Å². The molecular formula is C11H25ClN2O3S. The molecule has 0 bridgehead atoms. The summed E-state index contributed by atoms with van der Waals surface area (Å²) >= 11 is 0. The van der Waals surface area contributed by atoms with Crippen molar-refractivity contribution in [3.05, 3.63) is 0 Å². The van der Waals surface area contributed by atoms with E-state index in [4.69, 9.17) is 4.74 Å². The molecule has 1 fully saturated rings. The van der Waals surface area contributed by atoms with Gasteiger partial charge in [0.05, 0.1) is 11.9 Å². The molecule has 1 rings (SSSR count). The summed E-state index contributed by atoms with van der Waals surface area (Å²) in [5, 5.41) is 3.28. The largest absolute Gasteiger partial charge is 0.381 e. The molecule has 1 saturated heterocycles. The van der Waals surface area contributed by atoms with Crippen molar-refractivity contribution in [2.24, 2.45) is 5.41 Å². The summed E-state index contributed by atoms with van der Waals surface area (Å²) < 4.78 is 31.2. The summed E-state index contributed by atoms with van der Waals surface area (Å²) in [5.74, 6) is 0.0256. The molecule has 2 N–H and O–H groups in total. The van der Waals surface area contributed by atoms with Gasteiger partial charge in [-0.15, -0.1) is 12.4 Å². The van der Waals surface area contributed by atoms with Crippen molar-refractivity contribution in [2.75, 3.05) is 32.5 Å². The summed E-state index contributed by atoms with van der Waals surface area (Å²) in [6.07, 6.45) is 1.75. The molecule has 5 nitrogen and oxygen atoms in total. The summed E-state index contributed by atoms with van der Waals surface area (Å²) in [4.78, 5) is 0. The number of sulfonamides is 1. The summed E-state index contributed by atoms with van der Waals surface area (Å²) in [5.41, 5.74) is 0.0780. The molecule has 0 amide bonds. The van der Waals surface area contributed by atoms with E-state index >= 15 is 0 Å². The topological polar surface area (TPSA) is 67.4 Å². The Labute approximate surface area is 117 Å². The third kappa shape index (κ3) is 6.33. The van der Waals surface area contributed by atoms with Crippen LogP contribution in [0, 0.1) is 5.41 Å². The molecule has 1 heterocycles. The molecule has 1 aliphatic rings. The molecule has 0 aliphatic carbocycles. The van der Waals surface area contributed by atoms with E-state index in [1.165, 1.54) is 7.11 Å². The minimum atomic E-state index is -3.23. The molecule has 0 spiro atoms. The first-order valence-corrected chi connectivity index (χ1v) is 7.73. The Hall–Kier alpha value is 0.120. The van der Waals surface area contributed by atoms with Gasteiger partial charge in [0.2, 0.25) is 10.0 Å². The van der Waals surface area contributed by atoms with Crippen molar-refractivity contribution in [3.63, 3.8) is 0 Å².